The fraction of sp³-hybridized carbons (Fsp3) is 0.542. The zero-order valence-corrected chi connectivity index (χ0v) is 20.0. The van der Waals surface area contributed by atoms with Gasteiger partial charge in [-0.1, -0.05) is 24.3 Å². The van der Waals surface area contributed by atoms with Crippen LogP contribution in [0.25, 0.3) is 11.3 Å². The number of hydrogen-bond acceptors (Lipinski definition) is 6. The minimum atomic E-state index is -5.08. The smallest absolute Gasteiger partial charge is 0.475 e. The van der Waals surface area contributed by atoms with Crippen molar-refractivity contribution in [3.05, 3.63) is 47.9 Å². The summed E-state index contributed by atoms with van der Waals surface area (Å²) in [6.45, 7) is 5.38. The fourth-order valence-corrected chi connectivity index (χ4v) is 3.63. The average molecular weight is 482 g/mol. The Morgan fingerprint density at radius 1 is 1.09 bits per heavy atom. The molecule has 1 aliphatic rings. The van der Waals surface area contributed by atoms with Gasteiger partial charge in [-0.15, -0.1) is 0 Å². The van der Waals surface area contributed by atoms with E-state index in [0.29, 0.717) is 0 Å². The van der Waals surface area contributed by atoms with Crippen LogP contribution in [-0.4, -0.2) is 84.3 Å². The topological polar surface area (TPSA) is 81.6 Å². The minimum Gasteiger partial charge on any atom is -0.475 e. The highest BCUT2D eigenvalue weighted by molar-refractivity contribution is 5.73. The van der Waals surface area contributed by atoms with Gasteiger partial charge in [0.1, 0.15) is 0 Å². The third-order valence-corrected chi connectivity index (χ3v) is 5.51. The number of benzene rings is 1. The van der Waals surface area contributed by atoms with Crippen molar-refractivity contribution in [1.29, 1.82) is 0 Å². The molecule has 1 aromatic carbocycles. The first-order valence-electron chi connectivity index (χ1n) is 11.3. The van der Waals surface area contributed by atoms with E-state index in [4.69, 9.17) is 9.90 Å². The molecule has 2 N–H and O–H groups in total. The Balaban J connectivity index is 0.000000509. The number of hydrogen-bond donors (Lipinski definition) is 2. The maximum absolute atomic E-state index is 10.6. The molecule has 2 aromatic rings. The van der Waals surface area contributed by atoms with Crippen LogP contribution in [0.2, 0.25) is 0 Å². The molecule has 188 valence electrons. The normalized spacial score (nSPS) is 14.7. The quantitative estimate of drug-likeness (QED) is 0.599. The van der Waals surface area contributed by atoms with Crippen LogP contribution in [0.4, 0.5) is 13.2 Å². The van der Waals surface area contributed by atoms with Crippen molar-refractivity contribution in [3.8, 4) is 11.3 Å². The van der Waals surface area contributed by atoms with Crippen molar-refractivity contribution in [2.75, 3.05) is 47.3 Å². The van der Waals surface area contributed by atoms with Gasteiger partial charge in [0.25, 0.3) is 0 Å². The van der Waals surface area contributed by atoms with Crippen LogP contribution in [-0.2, 0) is 17.8 Å². The molecule has 0 amide bonds. The van der Waals surface area contributed by atoms with Crippen LogP contribution in [0.1, 0.15) is 24.1 Å². The number of halogens is 3. The van der Waals surface area contributed by atoms with Gasteiger partial charge in [0.2, 0.25) is 0 Å². The summed E-state index contributed by atoms with van der Waals surface area (Å²) < 4.78 is 31.7. The summed E-state index contributed by atoms with van der Waals surface area (Å²) in [5.41, 5.74) is 4.47. The summed E-state index contributed by atoms with van der Waals surface area (Å²) in [5, 5.41) is 10.6. The fourth-order valence-electron chi connectivity index (χ4n) is 3.63. The molecule has 0 unspecified atom stereocenters. The second-order valence-electron chi connectivity index (χ2n) is 8.84. The molecular weight excluding hydrogens is 447 g/mol. The highest BCUT2D eigenvalue weighted by Gasteiger charge is 2.38. The molecule has 3 rings (SSSR count). The van der Waals surface area contributed by atoms with Crippen molar-refractivity contribution in [3.63, 3.8) is 0 Å². The molecule has 0 spiro atoms. The molecule has 1 aromatic heterocycles. The molecule has 2 heterocycles. The van der Waals surface area contributed by atoms with Gasteiger partial charge in [-0.25, -0.2) is 4.79 Å². The number of aromatic nitrogens is 2. The molecule has 7 nitrogen and oxygen atoms in total. The van der Waals surface area contributed by atoms with E-state index in [1.807, 2.05) is 12.4 Å². The molecule has 1 saturated heterocycles. The second-order valence-corrected chi connectivity index (χ2v) is 8.84. The van der Waals surface area contributed by atoms with E-state index in [0.717, 1.165) is 62.0 Å². The first-order valence-corrected chi connectivity index (χ1v) is 11.3. The van der Waals surface area contributed by atoms with Gasteiger partial charge < -0.3 is 20.2 Å². The van der Waals surface area contributed by atoms with Crippen molar-refractivity contribution in [1.82, 2.24) is 25.1 Å². The van der Waals surface area contributed by atoms with Crippen LogP contribution < -0.4 is 5.32 Å². The zero-order chi connectivity index (χ0) is 25.1. The van der Waals surface area contributed by atoms with E-state index in [2.05, 4.69) is 70.5 Å². The zero-order valence-electron chi connectivity index (χ0n) is 20.0. The van der Waals surface area contributed by atoms with Crippen molar-refractivity contribution in [2.45, 2.75) is 32.0 Å². The highest BCUT2D eigenvalue weighted by Crippen LogP contribution is 2.18. The summed E-state index contributed by atoms with van der Waals surface area (Å²) in [6, 6.07) is 8.69. The first-order chi connectivity index (χ1) is 16.0. The van der Waals surface area contributed by atoms with E-state index in [1.54, 1.807) is 0 Å². The summed E-state index contributed by atoms with van der Waals surface area (Å²) in [7, 11) is 6.40. The summed E-state index contributed by atoms with van der Waals surface area (Å²) >= 11 is 0. The third-order valence-electron chi connectivity index (χ3n) is 5.51. The highest BCUT2D eigenvalue weighted by atomic mass is 19.4. The Morgan fingerprint density at radius 2 is 1.71 bits per heavy atom. The number of nitrogens with zero attached hydrogens (tertiary/aromatic N) is 4. The Labute approximate surface area is 199 Å². The van der Waals surface area contributed by atoms with E-state index in [-0.39, 0.29) is 0 Å². The minimum absolute atomic E-state index is 0.800. The second kappa shape index (κ2) is 13.4. The standard InChI is InChI=1S/C22H33N5.C2HF3O2/c1-26(2)13-10-18-4-6-20(7-5-18)22-15-24-21(14-25-22)17-27(3)16-19-8-11-23-12-9-19;3-2(4,5)1(6)7/h4-7,14-15,19,23H,8-13,16-17H2,1-3H3;(H,6,7). The Kier molecular flexibility index (Phi) is 10.9. The largest absolute Gasteiger partial charge is 0.490 e. The number of carboxylic acids is 1. The van der Waals surface area contributed by atoms with E-state index < -0.39 is 12.1 Å². The molecule has 0 bridgehead atoms. The van der Waals surface area contributed by atoms with Gasteiger partial charge >= 0.3 is 12.1 Å². The van der Waals surface area contributed by atoms with E-state index in [1.165, 1.54) is 18.4 Å². The predicted octanol–water partition coefficient (Wildman–Crippen LogP) is 3.31. The molecule has 0 atom stereocenters. The summed E-state index contributed by atoms with van der Waals surface area (Å²) in [5.74, 6) is -1.96. The Morgan fingerprint density at radius 3 is 2.21 bits per heavy atom. The lowest BCUT2D eigenvalue weighted by atomic mass is 9.98. The average Bonchev–Trinajstić information content (AvgIpc) is 2.79. The first kappa shape index (κ1) is 27.7. The molecule has 34 heavy (non-hydrogen) atoms. The Bertz CT molecular complexity index is 868. The number of nitrogens with one attached hydrogen (secondary N) is 1. The number of aliphatic carboxylic acids is 1. The maximum Gasteiger partial charge on any atom is 0.490 e. The molecular formula is C24H34F3N5O2. The molecule has 0 aliphatic carbocycles. The van der Waals surface area contributed by atoms with E-state index in [9.17, 15) is 13.2 Å². The van der Waals surface area contributed by atoms with Gasteiger partial charge in [0.05, 0.1) is 23.8 Å². The monoisotopic (exact) mass is 481 g/mol. The van der Waals surface area contributed by atoms with E-state index >= 15 is 0 Å². The number of likely N-dealkylation sites (N-methyl/N-ethyl adjacent to an activating group) is 1. The van der Waals surface area contributed by atoms with Gasteiger partial charge in [-0.05, 0) is 65.0 Å². The Hall–Kier alpha value is -2.56. The summed E-state index contributed by atoms with van der Waals surface area (Å²) in [6.07, 6.45) is 2.37. The van der Waals surface area contributed by atoms with Crippen LogP contribution >= 0.6 is 0 Å². The van der Waals surface area contributed by atoms with Crippen molar-refractivity contribution < 1.29 is 23.1 Å². The maximum atomic E-state index is 10.6. The number of piperidine rings is 1. The van der Waals surface area contributed by atoms with Crippen LogP contribution in [0.5, 0.6) is 0 Å². The lowest BCUT2D eigenvalue weighted by Gasteiger charge is -2.27. The number of carbonyl (C=O) groups is 1. The van der Waals surface area contributed by atoms with Gasteiger partial charge in [0.15, 0.2) is 0 Å². The molecule has 0 radical (unpaired) electrons. The van der Waals surface area contributed by atoms with Gasteiger partial charge in [0, 0.05) is 25.2 Å². The predicted molar refractivity (Wildman–Crippen MR) is 125 cm³/mol. The number of carboxylic acid groups (broad SMARTS) is 1. The lowest BCUT2D eigenvalue weighted by Crippen LogP contribution is -2.34. The number of rotatable bonds is 8. The van der Waals surface area contributed by atoms with Crippen LogP contribution in [0.15, 0.2) is 36.7 Å². The van der Waals surface area contributed by atoms with Gasteiger partial charge in [-0.2, -0.15) is 13.2 Å². The van der Waals surface area contributed by atoms with Crippen LogP contribution in [0, 0.1) is 5.92 Å². The molecule has 0 saturated carbocycles. The summed E-state index contributed by atoms with van der Waals surface area (Å²) in [4.78, 5) is 22.8. The molecule has 1 aliphatic heterocycles. The molecule has 1 fully saturated rings. The molecule has 10 heteroatoms. The van der Waals surface area contributed by atoms with Crippen molar-refractivity contribution in [2.24, 2.45) is 5.92 Å². The van der Waals surface area contributed by atoms with Crippen LogP contribution in [0.3, 0.4) is 0 Å². The third kappa shape index (κ3) is 10.1. The van der Waals surface area contributed by atoms with Crippen molar-refractivity contribution >= 4 is 5.97 Å². The number of alkyl halides is 3. The van der Waals surface area contributed by atoms with Gasteiger partial charge in [-0.3, -0.25) is 9.97 Å². The SMILES string of the molecule is CN(C)CCc1ccc(-c2cnc(CN(C)CC3CCNCC3)cn2)cc1.O=C(O)C(F)(F)F. The lowest BCUT2D eigenvalue weighted by molar-refractivity contribution is -0.192.